The van der Waals surface area contributed by atoms with Crippen LogP contribution in [0.2, 0.25) is 0 Å². The van der Waals surface area contributed by atoms with Crippen LogP contribution in [0.1, 0.15) is 30.4 Å². The number of nitrogens with one attached hydrogen (secondary N) is 2. The molecule has 1 saturated carbocycles. The maximum atomic E-state index is 12.7. The smallest absolute Gasteiger partial charge is 0.352 e. The van der Waals surface area contributed by atoms with Gasteiger partial charge in [0, 0.05) is 12.5 Å². The number of benzene rings is 1. The van der Waals surface area contributed by atoms with Gasteiger partial charge in [0.05, 0.1) is 5.56 Å². The van der Waals surface area contributed by atoms with E-state index in [1.54, 1.807) is 6.07 Å². The van der Waals surface area contributed by atoms with Gasteiger partial charge in [-0.1, -0.05) is 12.1 Å². The summed E-state index contributed by atoms with van der Waals surface area (Å²) in [7, 11) is 0. The molecule has 1 atom stereocenters. The minimum Gasteiger partial charge on any atom is -0.352 e. The number of rotatable bonds is 3. The number of amides is 1. The fourth-order valence-corrected chi connectivity index (χ4v) is 3.37. The fraction of sp³-hybridized carbons (Fsp3) is 0.562. The lowest BCUT2D eigenvalue weighted by molar-refractivity contribution is -0.137. The molecule has 1 amide bonds. The van der Waals surface area contributed by atoms with Gasteiger partial charge in [-0.25, -0.2) is 0 Å². The Morgan fingerprint density at radius 3 is 2.73 bits per heavy atom. The van der Waals surface area contributed by atoms with Gasteiger partial charge < -0.3 is 10.6 Å². The number of carbonyl (C=O) groups excluding carboxylic acids is 1. The van der Waals surface area contributed by atoms with Gasteiger partial charge in [0.2, 0.25) is 5.91 Å². The van der Waals surface area contributed by atoms with E-state index < -0.39 is 11.7 Å². The van der Waals surface area contributed by atoms with Crippen molar-refractivity contribution in [1.82, 2.24) is 10.6 Å². The van der Waals surface area contributed by atoms with Gasteiger partial charge in [0.1, 0.15) is 0 Å². The predicted molar refractivity (Wildman–Crippen MR) is 75.9 cm³/mol. The zero-order valence-electron chi connectivity index (χ0n) is 12.2. The highest BCUT2D eigenvalue weighted by Crippen LogP contribution is 2.58. The lowest BCUT2D eigenvalue weighted by Crippen LogP contribution is -2.33. The Labute approximate surface area is 127 Å². The predicted octanol–water partition coefficient (Wildman–Crippen LogP) is 2.71. The summed E-state index contributed by atoms with van der Waals surface area (Å²) in [6.45, 7) is 2.03. The second kappa shape index (κ2) is 5.57. The van der Waals surface area contributed by atoms with Gasteiger partial charge in [0.25, 0.3) is 0 Å². The second-order valence-electron chi connectivity index (χ2n) is 6.29. The number of carbonyl (C=O) groups is 1. The number of alkyl halides is 3. The summed E-state index contributed by atoms with van der Waals surface area (Å²) in [5, 5.41) is 6.06. The molecule has 0 radical (unpaired) electrons. The highest BCUT2D eigenvalue weighted by Gasteiger charge is 2.57. The Kier molecular flexibility index (Phi) is 3.89. The average molecular weight is 312 g/mol. The van der Waals surface area contributed by atoms with Crippen LogP contribution in [0.25, 0.3) is 0 Å². The van der Waals surface area contributed by atoms with Gasteiger partial charge in [-0.2, -0.15) is 13.2 Å². The lowest BCUT2D eigenvalue weighted by atomic mass is 9.92. The molecule has 1 saturated heterocycles. The summed E-state index contributed by atoms with van der Waals surface area (Å²) in [5.41, 5.74) is -0.0629. The van der Waals surface area contributed by atoms with Crippen LogP contribution >= 0.6 is 0 Å². The third-order valence-electron chi connectivity index (χ3n) is 4.83. The molecule has 3 rings (SSSR count). The molecule has 22 heavy (non-hydrogen) atoms. The topological polar surface area (TPSA) is 41.1 Å². The minimum absolute atomic E-state index is 0.0281. The number of hydrogen-bond donors (Lipinski definition) is 2. The lowest BCUT2D eigenvalue weighted by Gasteiger charge is -2.23. The van der Waals surface area contributed by atoms with Crippen molar-refractivity contribution in [3.05, 3.63) is 35.4 Å². The van der Waals surface area contributed by atoms with Crippen LogP contribution in [-0.2, 0) is 17.5 Å². The Balaban J connectivity index is 1.56. The van der Waals surface area contributed by atoms with E-state index in [9.17, 15) is 18.0 Å². The second-order valence-corrected chi connectivity index (χ2v) is 6.29. The molecule has 2 N–H and O–H groups in total. The van der Waals surface area contributed by atoms with Crippen molar-refractivity contribution in [2.45, 2.75) is 32.0 Å². The Bertz CT molecular complexity index is 565. The first-order valence-electron chi connectivity index (χ1n) is 7.55. The summed E-state index contributed by atoms with van der Waals surface area (Å²) in [5.74, 6) is -0.000268. The quantitative estimate of drug-likeness (QED) is 0.901. The van der Waals surface area contributed by atoms with Crippen LogP contribution in [0.3, 0.4) is 0 Å². The molecule has 1 aromatic rings. The first-order valence-corrected chi connectivity index (χ1v) is 7.55. The molecule has 1 aromatic carbocycles. The Hall–Kier alpha value is -1.56. The third kappa shape index (κ3) is 3.11. The molecule has 0 aromatic heterocycles. The van der Waals surface area contributed by atoms with E-state index in [1.165, 1.54) is 6.07 Å². The number of hydrogen-bond acceptors (Lipinski definition) is 2. The molecule has 1 aliphatic carbocycles. The molecule has 0 bridgehead atoms. The molecule has 2 fully saturated rings. The van der Waals surface area contributed by atoms with Crippen molar-refractivity contribution >= 4 is 5.91 Å². The largest absolute Gasteiger partial charge is 0.416 e. The summed E-state index contributed by atoms with van der Waals surface area (Å²) in [4.78, 5) is 12.2. The maximum Gasteiger partial charge on any atom is 0.416 e. The van der Waals surface area contributed by atoms with Gasteiger partial charge in [-0.05, 0) is 55.5 Å². The van der Waals surface area contributed by atoms with Crippen LogP contribution < -0.4 is 10.6 Å². The van der Waals surface area contributed by atoms with E-state index in [2.05, 4.69) is 10.6 Å². The van der Waals surface area contributed by atoms with Crippen molar-refractivity contribution < 1.29 is 18.0 Å². The summed E-state index contributed by atoms with van der Waals surface area (Å²) < 4.78 is 38.0. The van der Waals surface area contributed by atoms with Crippen molar-refractivity contribution in [3.63, 3.8) is 0 Å². The van der Waals surface area contributed by atoms with Crippen LogP contribution in [0.5, 0.6) is 0 Å². The van der Waals surface area contributed by atoms with Crippen molar-refractivity contribution in [1.29, 1.82) is 0 Å². The standard InChI is InChI=1S/C16H19F3N2O/c17-16(18,19)12-3-1-2-11(8-12)10-21-14(22)13-9-15(13)4-6-20-7-5-15/h1-3,8,13,20H,4-7,9-10H2,(H,21,22). The van der Waals surface area contributed by atoms with Crippen molar-refractivity contribution in [2.24, 2.45) is 11.3 Å². The molecular formula is C16H19F3N2O. The van der Waals surface area contributed by atoms with Crippen LogP contribution in [0.15, 0.2) is 24.3 Å². The monoisotopic (exact) mass is 312 g/mol. The van der Waals surface area contributed by atoms with E-state index in [0.29, 0.717) is 5.56 Å². The SMILES string of the molecule is O=C(NCc1cccc(C(F)(F)F)c1)C1CC12CCNCC2. The first-order chi connectivity index (χ1) is 10.4. The number of piperidine rings is 1. The Morgan fingerprint density at radius 1 is 1.32 bits per heavy atom. The maximum absolute atomic E-state index is 12.7. The highest BCUT2D eigenvalue weighted by molar-refractivity contribution is 5.82. The average Bonchev–Trinajstić information content (AvgIpc) is 3.18. The van der Waals surface area contributed by atoms with Gasteiger partial charge >= 0.3 is 6.18 Å². The van der Waals surface area contributed by atoms with Crippen molar-refractivity contribution in [2.75, 3.05) is 13.1 Å². The molecule has 120 valence electrons. The molecule has 6 heteroatoms. The van der Waals surface area contributed by atoms with E-state index in [0.717, 1.165) is 44.5 Å². The molecule has 1 unspecified atom stereocenters. The highest BCUT2D eigenvalue weighted by atomic mass is 19.4. The minimum atomic E-state index is -4.35. The van der Waals surface area contributed by atoms with E-state index in [-0.39, 0.29) is 23.8 Å². The molecule has 1 heterocycles. The molecule has 3 nitrogen and oxygen atoms in total. The molecule has 2 aliphatic rings. The summed E-state index contributed by atoms with van der Waals surface area (Å²) >= 11 is 0. The van der Waals surface area contributed by atoms with Gasteiger partial charge in [-0.15, -0.1) is 0 Å². The summed E-state index contributed by atoms with van der Waals surface area (Å²) in [6.07, 6.45) is -1.43. The van der Waals surface area contributed by atoms with Gasteiger partial charge in [-0.3, -0.25) is 4.79 Å². The first kappa shape index (κ1) is 15.3. The van der Waals surface area contributed by atoms with E-state index >= 15 is 0 Å². The zero-order valence-corrected chi connectivity index (χ0v) is 12.2. The molecule has 1 aliphatic heterocycles. The number of halogens is 3. The Morgan fingerprint density at radius 2 is 2.05 bits per heavy atom. The fourth-order valence-electron chi connectivity index (χ4n) is 3.37. The molecule has 1 spiro atoms. The molecular weight excluding hydrogens is 293 g/mol. The van der Waals surface area contributed by atoms with Crippen molar-refractivity contribution in [3.8, 4) is 0 Å². The van der Waals surface area contributed by atoms with Crippen LogP contribution in [-0.4, -0.2) is 19.0 Å². The normalized spacial score (nSPS) is 23.3. The van der Waals surface area contributed by atoms with Crippen LogP contribution in [0, 0.1) is 11.3 Å². The zero-order chi connectivity index (χ0) is 15.8. The van der Waals surface area contributed by atoms with E-state index in [1.807, 2.05) is 0 Å². The summed E-state index contributed by atoms with van der Waals surface area (Å²) in [6, 6.07) is 5.10. The third-order valence-corrected chi connectivity index (χ3v) is 4.83. The van der Waals surface area contributed by atoms with Gasteiger partial charge in [0.15, 0.2) is 0 Å². The van der Waals surface area contributed by atoms with Crippen LogP contribution in [0.4, 0.5) is 13.2 Å². The van der Waals surface area contributed by atoms with E-state index in [4.69, 9.17) is 0 Å².